The van der Waals surface area contributed by atoms with Crippen LogP contribution in [0.2, 0.25) is 0 Å². The highest BCUT2D eigenvalue weighted by molar-refractivity contribution is 7.71. The van der Waals surface area contributed by atoms with Crippen molar-refractivity contribution < 1.29 is 14.8 Å². The normalized spacial score (nSPS) is 11.0. The van der Waals surface area contributed by atoms with Gasteiger partial charge in [0, 0.05) is 6.42 Å². The summed E-state index contributed by atoms with van der Waals surface area (Å²) in [6.07, 6.45) is 1.77. The highest BCUT2D eigenvalue weighted by atomic mass is 32.1. The lowest BCUT2D eigenvalue weighted by Crippen LogP contribution is -2.04. The number of nitrogens with zero attached hydrogens (tertiary/aromatic N) is 4. The fourth-order valence-corrected chi connectivity index (χ4v) is 1.95. The molecule has 0 unspecified atom stereocenters. The van der Waals surface area contributed by atoms with Gasteiger partial charge in [-0.3, -0.25) is 15.2 Å². The molecule has 0 bridgehead atoms. The number of aromatic nitrogens is 3. The third kappa shape index (κ3) is 2.96. The predicted octanol–water partition coefficient (Wildman–Crippen LogP) is 1.38. The van der Waals surface area contributed by atoms with Crippen molar-refractivity contribution in [3.05, 3.63) is 38.4 Å². The molecular formula is C12H12N5O4S-. The molecule has 1 heterocycles. The summed E-state index contributed by atoms with van der Waals surface area (Å²) in [5, 5.41) is 33.5. The molecule has 2 aromatic rings. The molecular weight excluding hydrogens is 310 g/mol. The third-order valence-electron chi connectivity index (χ3n) is 2.85. The minimum atomic E-state index is -0.761. The second-order valence-electron chi connectivity index (χ2n) is 4.18. The average molecular weight is 322 g/mol. The molecule has 0 aliphatic carbocycles. The molecule has 9 nitrogen and oxygen atoms in total. The van der Waals surface area contributed by atoms with E-state index in [1.54, 1.807) is 0 Å². The van der Waals surface area contributed by atoms with Crippen molar-refractivity contribution >= 4 is 24.1 Å². The quantitative estimate of drug-likeness (QED) is 0.384. The van der Waals surface area contributed by atoms with Crippen LogP contribution in [0.5, 0.6) is 11.5 Å². The molecule has 1 aromatic heterocycles. The van der Waals surface area contributed by atoms with Crippen LogP contribution in [-0.4, -0.2) is 33.1 Å². The van der Waals surface area contributed by atoms with Crippen LogP contribution in [0.15, 0.2) is 17.2 Å². The molecule has 1 N–H and O–H groups in total. The molecule has 0 atom stereocenters. The van der Waals surface area contributed by atoms with E-state index in [9.17, 15) is 15.2 Å². The lowest BCUT2D eigenvalue weighted by Gasteiger charge is -2.12. The molecule has 0 aliphatic heterocycles. The van der Waals surface area contributed by atoms with Gasteiger partial charge in [0.15, 0.2) is 5.82 Å². The van der Waals surface area contributed by atoms with E-state index in [0.717, 1.165) is 6.07 Å². The summed E-state index contributed by atoms with van der Waals surface area (Å²) in [6.45, 7) is 1.87. The van der Waals surface area contributed by atoms with E-state index in [0.29, 0.717) is 12.2 Å². The Labute approximate surface area is 130 Å². The van der Waals surface area contributed by atoms with Gasteiger partial charge >= 0.3 is 0 Å². The van der Waals surface area contributed by atoms with E-state index in [-0.39, 0.29) is 16.1 Å². The van der Waals surface area contributed by atoms with Crippen LogP contribution < -0.4 is 9.84 Å². The second kappa shape index (κ2) is 6.35. The zero-order valence-corrected chi connectivity index (χ0v) is 12.6. The van der Waals surface area contributed by atoms with Crippen LogP contribution >= 0.6 is 12.2 Å². The lowest BCUT2D eigenvalue weighted by atomic mass is 10.1. The number of aromatic amines is 1. The van der Waals surface area contributed by atoms with Gasteiger partial charge in [-0.05, 0) is 29.6 Å². The molecule has 1 aromatic carbocycles. The van der Waals surface area contributed by atoms with E-state index in [1.807, 2.05) is 6.92 Å². The van der Waals surface area contributed by atoms with E-state index >= 15 is 0 Å². The summed E-state index contributed by atoms with van der Waals surface area (Å²) in [7, 11) is 1.35. The molecule has 22 heavy (non-hydrogen) atoms. The van der Waals surface area contributed by atoms with Gasteiger partial charge in [0.05, 0.1) is 24.3 Å². The Hall–Kier alpha value is -2.75. The second-order valence-corrected chi connectivity index (χ2v) is 4.56. The molecule has 0 aliphatic rings. The summed E-state index contributed by atoms with van der Waals surface area (Å²) in [5.41, 5.74) is -0.552. The van der Waals surface area contributed by atoms with Crippen LogP contribution in [0.1, 0.15) is 18.3 Å². The van der Waals surface area contributed by atoms with Gasteiger partial charge in [-0.2, -0.15) is 14.9 Å². The maximum Gasteiger partial charge on any atom is 0.266 e. The first-order chi connectivity index (χ1) is 10.5. The first kappa shape index (κ1) is 15.6. The van der Waals surface area contributed by atoms with Crippen molar-refractivity contribution in [1.29, 1.82) is 0 Å². The van der Waals surface area contributed by atoms with E-state index < -0.39 is 16.4 Å². The highest BCUT2D eigenvalue weighted by Gasteiger charge is 2.12. The van der Waals surface area contributed by atoms with Gasteiger partial charge in [-0.1, -0.05) is 6.92 Å². The van der Waals surface area contributed by atoms with Gasteiger partial charge in [0.2, 0.25) is 4.77 Å². The molecule has 0 fully saturated rings. The van der Waals surface area contributed by atoms with Crippen LogP contribution in [0.25, 0.3) is 0 Å². The number of nitro groups is 1. The van der Waals surface area contributed by atoms with Crippen molar-refractivity contribution in [3.8, 4) is 11.5 Å². The summed E-state index contributed by atoms with van der Waals surface area (Å²) < 4.78 is 6.56. The van der Waals surface area contributed by atoms with Gasteiger partial charge in [0.25, 0.3) is 5.69 Å². The first-order valence-corrected chi connectivity index (χ1v) is 6.62. The number of rotatable bonds is 5. The van der Waals surface area contributed by atoms with E-state index in [4.69, 9.17) is 17.0 Å². The number of nitrogens with one attached hydrogen (secondary N) is 1. The Morgan fingerprint density at radius 2 is 2.32 bits per heavy atom. The van der Waals surface area contributed by atoms with Gasteiger partial charge in [0.1, 0.15) is 5.75 Å². The Morgan fingerprint density at radius 1 is 1.59 bits per heavy atom. The van der Waals surface area contributed by atoms with Gasteiger partial charge in [-0.25, -0.2) is 0 Å². The Kier molecular flexibility index (Phi) is 4.51. The van der Waals surface area contributed by atoms with Crippen molar-refractivity contribution in [2.24, 2.45) is 5.10 Å². The zero-order chi connectivity index (χ0) is 16.3. The van der Waals surface area contributed by atoms with Gasteiger partial charge in [-0.15, -0.1) is 0 Å². The summed E-state index contributed by atoms with van der Waals surface area (Å²) in [5.74, 6) is 0.0213. The van der Waals surface area contributed by atoms with Crippen molar-refractivity contribution in [3.63, 3.8) is 0 Å². The first-order valence-electron chi connectivity index (χ1n) is 6.22. The average Bonchev–Trinajstić information content (AvgIpc) is 2.86. The maximum atomic E-state index is 12.0. The molecule has 0 radical (unpaired) electrons. The lowest BCUT2D eigenvalue weighted by molar-refractivity contribution is -0.398. The number of benzene rings is 1. The van der Waals surface area contributed by atoms with E-state index in [2.05, 4.69) is 15.3 Å². The van der Waals surface area contributed by atoms with Crippen LogP contribution in [-0.2, 0) is 6.42 Å². The number of ether oxygens (including phenoxy) is 1. The summed E-state index contributed by atoms with van der Waals surface area (Å²) in [4.78, 5) is 10.1. The molecule has 0 saturated heterocycles. The number of methoxy groups -OCH3 is 1. The molecule has 2 rings (SSSR count). The number of aryl methyl sites for hydroxylation is 1. The standard InChI is InChI=1S/C12H13N5O4S/c1-3-10-14-15-12(22)16(10)13-6-7-4-8(21-2)5-9(11(7)18)17(19)20/h4-6,18H,3H2,1-2H3,(H,15,22)/p-1/b13-6-. The van der Waals surface area contributed by atoms with Crippen LogP contribution in [0, 0.1) is 14.9 Å². The third-order valence-corrected chi connectivity index (χ3v) is 3.11. The number of nitro benzene ring substituents is 1. The molecule has 0 spiro atoms. The zero-order valence-electron chi connectivity index (χ0n) is 11.8. The fraction of sp³-hybridized carbons (Fsp3) is 0.250. The predicted molar refractivity (Wildman–Crippen MR) is 78.9 cm³/mol. The molecule has 0 saturated carbocycles. The summed E-state index contributed by atoms with van der Waals surface area (Å²) >= 11 is 5.02. The van der Waals surface area contributed by atoms with Gasteiger partial charge < -0.3 is 9.84 Å². The van der Waals surface area contributed by atoms with Crippen molar-refractivity contribution in [2.45, 2.75) is 13.3 Å². The number of H-pyrrole nitrogens is 1. The van der Waals surface area contributed by atoms with Crippen molar-refractivity contribution in [2.75, 3.05) is 7.11 Å². The van der Waals surface area contributed by atoms with Crippen LogP contribution in [0.3, 0.4) is 0 Å². The molecule has 0 amide bonds. The van der Waals surface area contributed by atoms with Crippen LogP contribution in [0.4, 0.5) is 5.69 Å². The summed E-state index contributed by atoms with van der Waals surface area (Å²) in [6, 6.07) is 2.44. The SMILES string of the molecule is CCc1n[nH]c(=S)n1/N=C\c1cc(OC)cc([N+](=O)[O-])c1[O-]. The minimum Gasteiger partial charge on any atom is -0.867 e. The molecule has 116 valence electrons. The smallest absolute Gasteiger partial charge is 0.266 e. The van der Waals surface area contributed by atoms with E-state index in [1.165, 1.54) is 24.1 Å². The topological polar surface area (TPSA) is 121 Å². The Morgan fingerprint density at radius 3 is 2.91 bits per heavy atom. The Balaban J connectivity index is 2.51. The monoisotopic (exact) mass is 322 g/mol. The largest absolute Gasteiger partial charge is 0.867 e. The number of hydrogen-bond donors (Lipinski definition) is 1. The van der Waals surface area contributed by atoms with Crippen molar-refractivity contribution in [1.82, 2.24) is 14.9 Å². The Bertz CT molecular complexity index is 795. The molecule has 10 heteroatoms. The minimum absolute atomic E-state index is 0.0243. The fourth-order valence-electron chi connectivity index (χ4n) is 1.75. The number of hydrogen-bond acceptors (Lipinski definition) is 7. The highest BCUT2D eigenvalue weighted by Crippen LogP contribution is 2.31. The maximum absolute atomic E-state index is 12.0.